The van der Waals surface area contributed by atoms with Gasteiger partial charge in [0.05, 0.1) is 12.7 Å². The number of phenolic OH excluding ortho intramolecular Hbond substituents is 1. The van der Waals surface area contributed by atoms with Gasteiger partial charge in [0.2, 0.25) is 0 Å². The Morgan fingerprint density at radius 1 is 1.17 bits per heavy atom. The summed E-state index contributed by atoms with van der Waals surface area (Å²) in [5.74, 6) is -1.53. The van der Waals surface area contributed by atoms with E-state index in [2.05, 4.69) is 23.5 Å². The van der Waals surface area contributed by atoms with Crippen molar-refractivity contribution in [1.82, 2.24) is 4.90 Å². The molecule has 0 unspecified atom stereocenters. The first-order valence-corrected chi connectivity index (χ1v) is 9.52. The number of aromatic hydroxyl groups is 1. The number of benzene rings is 2. The molecule has 0 saturated carbocycles. The molecule has 0 bridgehead atoms. The number of hydrogen-bond donors (Lipinski definition) is 1. The Kier molecular flexibility index (Phi) is 5.99. The SMILES string of the molecule is COC(=O)c1cccc2c1CN(C(C)(C)CCc1ccc(O)c(OC(F)(F)F)c1)C2. The molecule has 1 heterocycles. The number of esters is 1. The zero-order valence-electron chi connectivity index (χ0n) is 17.0. The second-order valence-electron chi connectivity index (χ2n) is 7.95. The summed E-state index contributed by atoms with van der Waals surface area (Å²) in [6.45, 7) is 5.38. The van der Waals surface area contributed by atoms with Gasteiger partial charge in [0.1, 0.15) is 0 Å². The van der Waals surface area contributed by atoms with E-state index in [1.807, 2.05) is 12.1 Å². The number of halogens is 3. The minimum atomic E-state index is -4.87. The summed E-state index contributed by atoms with van der Waals surface area (Å²) in [5.41, 5.74) is 2.92. The van der Waals surface area contributed by atoms with Gasteiger partial charge in [0.25, 0.3) is 0 Å². The van der Waals surface area contributed by atoms with Gasteiger partial charge in [-0.1, -0.05) is 18.2 Å². The molecule has 2 aromatic rings. The average Bonchev–Trinajstić information content (AvgIpc) is 3.12. The number of carbonyl (C=O) groups excluding carboxylic acids is 1. The minimum absolute atomic E-state index is 0.282. The first-order valence-electron chi connectivity index (χ1n) is 9.52. The molecule has 162 valence electrons. The van der Waals surface area contributed by atoms with E-state index in [4.69, 9.17) is 4.74 Å². The smallest absolute Gasteiger partial charge is 0.504 e. The lowest BCUT2D eigenvalue weighted by atomic mass is 9.93. The lowest BCUT2D eigenvalue weighted by molar-refractivity contribution is -0.275. The molecule has 0 amide bonds. The van der Waals surface area contributed by atoms with E-state index in [0.717, 1.165) is 11.1 Å². The zero-order valence-corrected chi connectivity index (χ0v) is 17.0. The Labute approximate surface area is 173 Å². The molecule has 1 N–H and O–H groups in total. The van der Waals surface area contributed by atoms with Crippen molar-refractivity contribution in [3.63, 3.8) is 0 Å². The number of phenols is 1. The predicted octanol–water partition coefficient (Wildman–Crippen LogP) is 4.80. The second-order valence-corrected chi connectivity index (χ2v) is 7.95. The highest BCUT2D eigenvalue weighted by molar-refractivity contribution is 5.91. The Balaban J connectivity index is 1.71. The molecule has 0 radical (unpaired) electrons. The average molecular weight is 423 g/mol. The molecule has 30 heavy (non-hydrogen) atoms. The summed E-state index contributed by atoms with van der Waals surface area (Å²) in [6, 6.07) is 9.58. The van der Waals surface area contributed by atoms with Gasteiger partial charge in [-0.25, -0.2) is 4.79 Å². The zero-order chi connectivity index (χ0) is 22.1. The summed E-state index contributed by atoms with van der Waals surface area (Å²) in [4.78, 5) is 14.3. The molecular weight excluding hydrogens is 399 g/mol. The second kappa shape index (κ2) is 8.18. The number of fused-ring (bicyclic) bond motifs is 1. The van der Waals surface area contributed by atoms with E-state index < -0.39 is 17.9 Å². The van der Waals surface area contributed by atoms with E-state index in [0.29, 0.717) is 37.1 Å². The quantitative estimate of drug-likeness (QED) is 0.676. The normalized spacial score (nSPS) is 14.5. The molecule has 0 fully saturated rings. The van der Waals surface area contributed by atoms with Gasteiger partial charge in [-0.2, -0.15) is 0 Å². The number of rotatable bonds is 6. The lowest BCUT2D eigenvalue weighted by Gasteiger charge is -2.35. The third kappa shape index (κ3) is 4.87. The maximum Gasteiger partial charge on any atom is 0.573 e. The Hall–Kier alpha value is -2.74. The molecule has 0 spiro atoms. The molecule has 0 saturated heterocycles. The third-order valence-electron chi connectivity index (χ3n) is 5.52. The lowest BCUT2D eigenvalue weighted by Crippen LogP contribution is -2.40. The van der Waals surface area contributed by atoms with Crippen LogP contribution in [-0.4, -0.2) is 35.0 Å². The first-order chi connectivity index (χ1) is 14.0. The molecule has 0 aliphatic carbocycles. The van der Waals surface area contributed by atoms with Crippen LogP contribution in [0.5, 0.6) is 11.5 Å². The van der Waals surface area contributed by atoms with E-state index >= 15 is 0 Å². The highest BCUT2D eigenvalue weighted by Crippen LogP contribution is 2.36. The molecule has 3 rings (SSSR count). The fourth-order valence-corrected chi connectivity index (χ4v) is 3.68. The van der Waals surface area contributed by atoms with Gasteiger partial charge >= 0.3 is 12.3 Å². The maximum absolute atomic E-state index is 12.5. The number of carbonyl (C=O) groups is 1. The van der Waals surface area contributed by atoms with E-state index in [1.165, 1.54) is 19.2 Å². The van der Waals surface area contributed by atoms with Crippen molar-refractivity contribution in [2.45, 2.75) is 51.7 Å². The van der Waals surface area contributed by atoms with Gasteiger partial charge in [0, 0.05) is 18.6 Å². The maximum atomic E-state index is 12.5. The number of methoxy groups -OCH3 is 1. The molecular formula is C22H24F3NO4. The van der Waals surface area contributed by atoms with Crippen molar-refractivity contribution in [3.8, 4) is 11.5 Å². The van der Waals surface area contributed by atoms with Crippen LogP contribution >= 0.6 is 0 Å². The minimum Gasteiger partial charge on any atom is -0.504 e. The predicted molar refractivity (Wildman–Crippen MR) is 104 cm³/mol. The molecule has 8 heteroatoms. The van der Waals surface area contributed by atoms with Crippen LogP contribution in [0.15, 0.2) is 36.4 Å². The fraction of sp³-hybridized carbons (Fsp3) is 0.409. The summed E-state index contributed by atoms with van der Waals surface area (Å²) in [6.07, 6.45) is -3.71. The van der Waals surface area contributed by atoms with Gasteiger partial charge in [-0.15, -0.1) is 13.2 Å². The van der Waals surface area contributed by atoms with Gasteiger partial charge < -0.3 is 14.6 Å². The van der Waals surface area contributed by atoms with Crippen molar-refractivity contribution in [3.05, 3.63) is 58.7 Å². The van der Waals surface area contributed by atoms with Crippen LogP contribution < -0.4 is 4.74 Å². The monoisotopic (exact) mass is 423 g/mol. The molecule has 1 aliphatic rings. The highest BCUT2D eigenvalue weighted by Gasteiger charge is 2.34. The van der Waals surface area contributed by atoms with Crippen molar-refractivity contribution in [1.29, 1.82) is 0 Å². The van der Waals surface area contributed by atoms with Crippen LogP contribution in [0.4, 0.5) is 13.2 Å². The number of ether oxygens (including phenoxy) is 2. The molecule has 2 aromatic carbocycles. The summed E-state index contributed by atoms with van der Waals surface area (Å²) in [7, 11) is 1.35. The summed E-state index contributed by atoms with van der Waals surface area (Å²) in [5, 5.41) is 9.62. The number of nitrogens with zero attached hydrogens (tertiary/aromatic N) is 1. The molecule has 0 atom stereocenters. The van der Waals surface area contributed by atoms with E-state index in [1.54, 1.807) is 12.1 Å². The van der Waals surface area contributed by atoms with Crippen molar-refractivity contribution < 1.29 is 32.5 Å². The third-order valence-corrected chi connectivity index (χ3v) is 5.52. The van der Waals surface area contributed by atoms with Crippen LogP contribution in [0.2, 0.25) is 0 Å². The van der Waals surface area contributed by atoms with Crippen LogP contribution in [-0.2, 0) is 24.2 Å². The number of aryl methyl sites for hydroxylation is 1. The molecule has 1 aliphatic heterocycles. The summed E-state index contributed by atoms with van der Waals surface area (Å²) < 4.78 is 46.3. The van der Waals surface area contributed by atoms with Crippen LogP contribution in [0, 0.1) is 0 Å². The largest absolute Gasteiger partial charge is 0.573 e. The fourth-order valence-electron chi connectivity index (χ4n) is 3.68. The Bertz CT molecular complexity index is 940. The van der Waals surface area contributed by atoms with Gasteiger partial charge in [-0.3, -0.25) is 4.90 Å². The van der Waals surface area contributed by atoms with Crippen LogP contribution in [0.1, 0.15) is 47.3 Å². The van der Waals surface area contributed by atoms with Crippen molar-refractivity contribution in [2.75, 3.05) is 7.11 Å². The van der Waals surface area contributed by atoms with E-state index in [9.17, 15) is 23.1 Å². The van der Waals surface area contributed by atoms with Crippen LogP contribution in [0.3, 0.4) is 0 Å². The Morgan fingerprint density at radius 3 is 2.57 bits per heavy atom. The number of alkyl halides is 3. The molecule has 0 aromatic heterocycles. The first kappa shape index (κ1) is 22.0. The molecule has 5 nitrogen and oxygen atoms in total. The van der Waals surface area contributed by atoms with Crippen molar-refractivity contribution >= 4 is 5.97 Å². The standard InChI is InChI=1S/C22H24F3NO4/c1-21(2,10-9-14-7-8-18(27)19(11-14)30-22(23,24)25)26-12-15-5-4-6-16(17(15)13-26)20(28)29-3/h4-8,11,27H,9-10,12-13H2,1-3H3. The van der Waals surface area contributed by atoms with Gasteiger partial charge in [0.15, 0.2) is 11.5 Å². The van der Waals surface area contributed by atoms with Crippen LogP contribution in [0.25, 0.3) is 0 Å². The van der Waals surface area contributed by atoms with E-state index in [-0.39, 0.29) is 11.5 Å². The topological polar surface area (TPSA) is 59.0 Å². The Morgan fingerprint density at radius 2 is 1.90 bits per heavy atom. The number of hydrogen-bond acceptors (Lipinski definition) is 5. The summed E-state index contributed by atoms with van der Waals surface area (Å²) >= 11 is 0. The highest BCUT2D eigenvalue weighted by atomic mass is 19.4. The van der Waals surface area contributed by atoms with Gasteiger partial charge in [-0.05, 0) is 61.6 Å². The van der Waals surface area contributed by atoms with Crippen molar-refractivity contribution in [2.24, 2.45) is 0 Å².